The van der Waals surface area contributed by atoms with Gasteiger partial charge in [0.25, 0.3) is 11.8 Å². The Hall–Kier alpha value is -3.32. The first-order valence-electron chi connectivity index (χ1n) is 10.0. The molecule has 3 aromatic rings. The van der Waals surface area contributed by atoms with E-state index in [-0.39, 0.29) is 30.2 Å². The largest absolute Gasteiger partial charge is 0.349 e. The Morgan fingerprint density at radius 1 is 1.03 bits per heavy atom. The summed E-state index contributed by atoms with van der Waals surface area (Å²) in [4.78, 5) is 28.5. The zero-order valence-corrected chi connectivity index (χ0v) is 17.3. The van der Waals surface area contributed by atoms with Crippen molar-refractivity contribution in [1.82, 2.24) is 5.32 Å². The maximum Gasteiger partial charge on any atom is 0.259 e. The average Bonchev–Trinajstić information content (AvgIpc) is 3.61. The van der Waals surface area contributed by atoms with Gasteiger partial charge < -0.3 is 10.2 Å². The van der Waals surface area contributed by atoms with Crippen molar-refractivity contribution in [1.29, 1.82) is 0 Å². The highest BCUT2D eigenvalue weighted by Gasteiger charge is 2.32. The molecule has 0 aromatic heterocycles. The molecule has 1 N–H and O–H groups in total. The number of hydrogen-bond acceptors (Lipinski definition) is 3. The Balaban J connectivity index is 1.63. The molecule has 5 nitrogen and oxygen atoms in total. The van der Waals surface area contributed by atoms with Crippen LogP contribution in [-0.2, 0) is 17.3 Å². The summed E-state index contributed by atoms with van der Waals surface area (Å²) in [7, 11) is -1.58. The lowest BCUT2D eigenvalue weighted by Gasteiger charge is -2.23. The molecule has 1 saturated carbocycles. The molecule has 0 saturated heterocycles. The molecule has 1 aliphatic carbocycles. The van der Waals surface area contributed by atoms with Gasteiger partial charge in [-0.25, -0.2) is 8.60 Å². The molecule has 2 aliphatic rings. The van der Waals surface area contributed by atoms with E-state index in [1.54, 1.807) is 54.6 Å². The fraction of sp³-hybridized carbons (Fsp3) is 0.167. The molecule has 3 aromatic carbocycles. The van der Waals surface area contributed by atoms with E-state index < -0.39 is 10.8 Å². The summed E-state index contributed by atoms with van der Waals surface area (Å²) in [6.07, 6.45) is 1.93. The quantitative estimate of drug-likeness (QED) is 0.674. The summed E-state index contributed by atoms with van der Waals surface area (Å²) in [5.41, 5.74) is 1.90. The maximum absolute atomic E-state index is 13.5. The summed E-state index contributed by atoms with van der Waals surface area (Å²) < 4.78 is 26.7. The second-order valence-electron chi connectivity index (χ2n) is 7.71. The van der Waals surface area contributed by atoms with Crippen molar-refractivity contribution < 1.29 is 18.2 Å². The van der Waals surface area contributed by atoms with Gasteiger partial charge in [-0.2, -0.15) is 0 Å². The number of nitrogens with one attached hydrogen (secondary N) is 1. The van der Waals surface area contributed by atoms with Crippen molar-refractivity contribution in [3.05, 3.63) is 89.2 Å². The van der Waals surface area contributed by atoms with Gasteiger partial charge >= 0.3 is 0 Å². The number of rotatable bonds is 4. The van der Waals surface area contributed by atoms with Crippen LogP contribution < -0.4 is 10.2 Å². The molecule has 2 amide bonds. The number of amides is 2. The fourth-order valence-corrected chi connectivity index (χ4v) is 4.98. The Morgan fingerprint density at radius 3 is 2.52 bits per heavy atom. The first-order chi connectivity index (χ1) is 15.0. The third-order valence-electron chi connectivity index (χ3n) is 5.44. The van der Waals surface area contributed by atoms with Gasteiger partial charge in [0.1, 0.15) is 5.82 Å². The predicted octanol–water partition coefficient (Wildman–Crippen LogP) is 4.05. The summed E-state index contributed by atoms with van der Waals surface area (Å²) >= 11 is 0. The monoisotopic (exact) mass is 434 g/mol. The van der Waals surface area contributed by atoms with E-state index in [1.807, 2.05) is 0 Å². The van der Waals surface area contributed by atoms with Gasteiger partial charge in [0, 0.05) is 11.6 Å². The van der Waals surface area contributed by atoms with Gasteiger partial charge in [-0.05, 0) is 60.9 Å². The van der Waals surface area contributed by atoms with Gasteiger partial charge in [0.2, 0.25) is 0 Å². The minimum atomic E-state index is -1.58. The summed E-state index contributed by atoms with van der Waals surface area (Å²) in [6.45, 7) is 0.158. The number of hydrogen-bond donors (Lipinski definition) is 1. The van der Waals surface area contributed by atoms with E-state index in [4.69, 9.17) is 0 Å². The van der Waals surface area contributed by atoms with Gasteiger partial charge in [0.05, 0.1) is 38.4 Å². The normalized spacial score (nSPS) is 17.5. The van der Waals surface area contributed by atoms with Crippen LogP contribution in [0.5, 0.6) is 0 Å². The van der Waals surface area contributed by atoms with Gasteiger partial charge in [-0.3, -0.25) is 9.59 Å². The van der Waals surface area contributed by atoms with Crippen LogP contribution in [0.3, 0.4) is 0 Å². The number of carbonyl (C=O) groups excluding carboxylic acids is 2. The van der Waals surface area contributed by atoms with Crippen LogP contribution in [0.2, 0.25) is 0 Å². The minimum Gasteiger partial charge on any atom is -0.349 e. The lowest BCUT2D eigenvalue weighted by molar-refractivity contribution is 0.0947. The molecular formula is C24H19FN2O3S. The molecule has 31 heavy (non-hydrogen) atoms. The third-order valence-corrected chi connectivity index (χ3v) is 6.94. The molecule has 156 valence electrons. The van der Waals surface area contributed by atoms with Crippen molar-refractivity contribution in [3.63, 3.8) is 0 Å². The highest BCUT2D eigenvalue weighted by Crippen LogP contribution is 2.36. The van der Waals surface area contributed by atoms with E-state index in [1.165, 1.54) is 17.0 Å². The van der Waals surface area contributed by atoms with Crippen LogP contribution in [0, 0.1) is 5.82 Å². The Bertz CT molecular complexity index is 1220. The van der Waals surface area contributed by atoms with Gasteiger partial charge in [-0.15, -0.1) is 0 Å². The molecular weight excluding hydrogens is 415 g/mol. The van der Waals surface area contributed by atoms with E-state index in [0.29, 0.717) is 26.6 Å². The molecule has 0 spiro atoms. The van der Waals surface area contributed by atoms with Crippen LogP contribution in [0.25, 0.3) is 0 Å². The lowest BCUT2D eigenvalue weighted by atomic mass is 10.1. The smallest absolute Gasteiger partial charge is 0.259 e. The number of anilines is 1. The number of benzene rings is 3. The topological polar surface area (TPSA) is 66.5 Å². The number of halogens is 1. The standard InChI is InChI=1S/C24H19FN2O3S/c25-17-8-5-15(6-9-17)14-27-20-13-16(23(28)26-18-10-11-18)7-12-22(20)31(30)21-4-2-1-3-19(21)24(27)29/h1-9,12-13,18H,10-11,14H2,(H,26,28). The Morgan fingerprint density at radius 2 is 1.77 bits per heavy atom. The molecule has 7 heteroatoms. The summed E-state index contributed by atoms with van der Waals surface area (Å²) in [5, 5.41) is 2.94. The zero-order valence-electron chi connectivity index (χ0n) is 16.5. The fourth-order valence-electron chi connectivity index (χ4n) is 3.63. The number of carbonyl (C=O) groups is 2. The van der Waals surface area contributed by atoms with Crippen LogP contribution >= 0.6 is 0 Å². The third kappa shape index (κ3) is 3.77. The highest BCUT2D eigenvalue weighted by molar-refractivity contribution is 7.85. The summed E-state index contributed by atoms with van der Waals surface area (Å²) in [5.74, 6) is -0.893. The van der Waals surface area contributed by atoms with Crippen LogP contribution in [0.1, 0.15) is 39.1 Å². The van der Waals surface area contributed by atoms with Crippen molar-refractivity contribution in [2.24, 2.45) is 0 Å². The van der Waals surface area contributed by atoms with Crippen LogP contribution in [0.15, 0.2) is 76.5 Å². The second kappa shape index (κ2) is 7.74. The van der Waals surface area contributed by atoms with E-state index in [0.717, 1.165) is 18.4 Å². The van der Waals surface area contributed by atoms with Gasteiger partial charge in [-0.1, -0.05) is 24.3 Å². The van der Waals surface area contributed by atoms with E-state index >= 15 is 0 Å². The van der Waals surface area contributed by atoms with Crippen LogP contribution in [-0.4, -0.2) is 22.1 Å². The Kier molecular flexibility index (Phi) is 4.90. The minimum absolute atomic E-state index is 0.158. The molecule has 1 unspecified atom stereocenters. The Labute approximate surface area is 181 Å². The van der Waals surface area contributed by atoms with E-state index in [9.17, 15) is 18.2 Å². The highest BCUT2D eigenvalue weighted by atomic mass is 32.2. The lowest BCUT2D eigenvalue weighted by Crippen LogP contribution is -2.31. The second-order valence-corrected chi connectivity index (χ2v) is 9.13. The average molecular weight is 434 g/mol. The first-order valence-corrected chi connectivity index (χ1v) is 11.2. The predicted molar refractivity (Wildman–Crippen MR) is 115 cm³/mol. The van der Waals surface area contributed by atoms with Crippen molar-refractivity contribution in [2.75, 3.05) is 4.90 Å². The van der Waals surface area contributed by atoms with Crippen LogP contribution in [0.4, 0.5) is 10.1 Å². The molecule has 0 radical (unpaired) electrons. The summed E-state index contributed by atoms with van der Waals surface area (Å²) in [6, 6.07) is 17.8. The molecule has 1 heterocycles. The van der Waals surface area contributed by atoms with Crippen molar-refractivity contribution >= 4 is 28.3 Å². The molecule has 0 bridgehead atoms. The van der Waals surface area contributed by atoms with Gasteiger partial charge in [0.15, 0.2) is 0 Å². The van der Waals surface area contributed by atoms with E-state index in [2.05, 4.69) is 5.32 Å². The SMILES string of the molecule is O=C(NC1CC1)c1ccc2c(c1)N(Cc1ccc(F)cc1)C(=O)c1ccccc1S2=O. The van der Waals surface area contributed by atoms with Crippen molar-refractivity contribution in [3.8, 4) is 0 Å². The first kappa shape index (κ1) is 19.6. The zero-order chi connectivity index (χ0) is 21.5. The number of fused-ring (bicyclic) bond motifs is 2. The van der Waals surface area contributed by atoms with Crippen molar-refractivity contribution in [2.45, 2.75) is 35.2 Å². The molecule has 1 fully saturated rings. The maximum atomic E-state index is 13.5. The molecule has 1 aliphatic heterocycles. The number of nitrogens with zero attached hydrogens (tertiary/aromatic N) is 1. The molecule has 1 atom stereocenters. The molecule has 5 rings (SSSR count).